The van der Waals surface area contributed by atoms with Gasteiger partial charge in [-0.3, -0.25) is 0 Å². The standard InChI is InChI=1S/C18H16ClN5OS/c1-2-25-17-16(22-21-14-10-8-13(19)9-11-14)15(23-24(17)18(20)26)12-6-4-3-5-7-12/h3-11H,2H2,1H3,(H2,20,26). The second-order valence-electron chi connectivity index (χ2n) is 5.23. The first-order chi connectivity index (χ1) is 12.6. The van der Waals surface area contributed by atoms with Gasteiger partial charge < -0.3 is 10.5 Å². The number of thiocarbonyl (C=S) groups is 1. The van der Waals surface area contributed by atoms with Crippen molar-refractivity contribution >= 4 is 40.3 Å². The van der Waals surface area contributed by atoms with Gasteiger partial charge in [-0.25, -0.2) is 0 Å². The Balaban J connectivity index is 2.13. The van der Waals surface area contributed by atoms with Crippen LogP contribution in [0.3, 0.4) is 0 Å². The van der Waals surface area contributed by atoms with E-state index in [2.05, 4.69) is 15.3 Å². The minimum Gasteiger partial charge on any atom is -0.476 e. The molecule has 8 heteroatoms. The molecule has 3 rings (SSSR count). The van der Waals surface area contributed by atoms with Gasteiger partial charge in [-0.05, 0) is 43.4 Å². The maximum atomic E-state index is 5.90. The maximum Gasteiger partial charge on any atom is 0.248 e. The van der Waals surface area contributed by atoms with E-state index in [-0.39, 0.29) is 5.11 Å². The van der Waals surface area contributed by atoms with Gasteiger partial charge in [0.15, 0.2) is 10.8 Å². The molecular weight excluding hydrogens is 370 g/mol. The number of ether oxygens (including phenoxy) is 1. The lowest BCUT2D eigenvalue weighted by molar-refractivity contribution is 0.320. The fraction of sp³-hybridized carbons (Fsp3) is 0.111. The van der Waals surface area contributed by atoms with E-state index in [4.69, 9.17) is 34.3 Å². The average Bonchev–Trinajstić information content (AvgIpc) is 3.01. The fourth-order valence-electron chi connectivity index (χ4n) is 2.31. The lowest BCUT2D eigenvalue weighted by Gasteiger charge is -2.05. The minimum atomic E-state index is 0.0681. The van der Waals surface area contributed by atoms with Crippen molar-refractivity contribution in [3.63, 3.8) is 0 Å². The largest absolute Gasteiger partial charge is 0.476 e. The summed E-state index contributed by atoms with van der Waals surface area (Å²) in [6.07, 6.45) is 0. The molecule has 2 N–H and O–H groups in total. The molecule has 0 saturated carbocycles. The summed E-state index contributed by atoms with van der Waals surface area (Å²) in [5, 5.41) is 13.8. The van der Waals surface area contributed by atoms with Crippen LogP contribution in [0.25, 0.3) is 11.3 Å². The van der Waals surface area contributed by atoms with Gasteiger partial charge in [-0.15, -0.1) is 5.11 Å². The van der Waals surface area contributed by atoms with Crippen LogP contribution in [0.4, 0.5) is 11.4 Å². The van der Waals surface area contributed by atoms with Crippen LogP contribution >= 0.6 is 23.8 Å². The first kappa shape index (κ1) is 18.0. The Kier molecular flexibility index (Phi) is 5.60. The van der Waals surface area contributed by atoms with E-state index in [1.807, 2.05) is 37.3 Å². The summed E-state index contributed by atoms with van der Waals surface area (Å²) in [5.41, 5.74) is 8.34. The van der Waals surface area contributed by atoms with Gasteiger partial charge in [-0.1, -0.05) is 41.9 Å². The molecule has 0 radical (unpaired) electrons. The van der Waals surface area contributed by atoms with Crippen molar-refractivity contribution in [3.05, 3.63) is 59.6 Å². The van der Waals surface area contributed by atoms with Crippen molar-refractivity contribution in [2.45, 2.75) is 6.92 Å². The third-order valence-corrected chi connectivity index (χ3v) is 3.87. The van der Waals surface area contributed by atoms with Crippen molar-refractivity contribution < 1.29 is 4.74 Å². The van der Waals surface area contributed by atoms with E-state index < -0.39 is 0 Å². The third-order valence-electron chi connectivity index (χ3n) is 3.45. The zero-order chi connectivity index (χ0) is 18.5. The number of aromatic nitrogens is 2. The van der Waals surface area contributed by atoms with E-state index in [1.54, 1.807) is 24.3 Å². The summed E-state index contributed by atoms with van der Waals surface area (Å²) in [5.74, 6) is 0.358. The zero-order valence-electron chi connectivity index (χ0n) is 14.0. The van der Waals surface area contributed by atoms with Crippen LogP contribution in [0.5, 0.6) is 5.88 Å². The molecule has 0 aliphatic carbocycles. The Bertz CT molecular complexity index is 938. The summed E-state index contributed by atoms with van der Waals surface area (Å²) in [4.78, 5) is 0. The van der Waals surface area contributed by atoms with Gasteiger partial charge in [-0.2, -0.15) is 14.9 Å². The zero-order valence-corrected chi connectivity index (χ0v) is 15.5. The number of nitrogens with two attached hydrogens (primary N) is 1. The Morgan fingerprint density at radius 3 is 2.46 bits per heavy atom. The molecule has 1 heterocycles. The van der Waals surface area contributed by atoms with Crippen LogP contribution < -0.4 is 10.5 Å². The monoisotopic (exact) mass is 385 g/mol. The summed E-state index contributed by atoms with van der Waals surface area (Å²) in [6.45, 7) is 2.27. The molecule has 0 atom stereocenters. The van der Waals surface area contributed by atoms with Crippen molar-refractivity contribution in [2.75, 3.05) is 6.61 Å². The molecule has 0 unspecified atom stereocenters. The molecule has 132 valence electrons. The second-order valence-corrected chi connectivity index (χ2v) is 6.08. The molecule has 26 heavy (non-hydrogen) atoms. The number of hydrogen-bond donors (Lipinski definition) is 1. The van der Waals surface area contributed by atoms with E-state index in [9.17, 15) is 0 Å². The van der Waals surface area contributed by atoms with Crippen LogP contribution in [-0.2, 0) is 0 Å². The fourth-order valence-corrected chi connectivity index (χ4v) is 2.56. The predicted molar refractivity (Wildman–Crippen MR) is 107 cm³/mol. The quantitative estimate of drug-likeness (QED) is 0.489. The van der Waals surface area contributed by atoms with Crippen LogP contribution in [0.2, 0.25) is 5.02 Å². The molecule has 0 aliphatic rings. The molecule has 2 aromatic carbocycles. The average molecular weight is 386 g/mol. The van der Waals surface area contributed by atoms with Crippen LogP contribution in [0.1, 0.15) is 6.92 Å². The molecular formula is C18H16ClN5OS. The van der Waals surface area contributed by atoms with E-state index >= 15 is 0 Å². The lowest BCUT2D eigenvalue weighted by Crippen LogP contribution is -2.21. The predicted octanol–water partition coefficient (Wildman–Crippen LogP) is 5.11. The molecule has 6 nitrogen and oxygen atoms in total. The van der Waals surface area contributed by atoms with Gasteiger partial charge in [0.05, 0.1) is 12.3 Å². The highest BCUT2D eigenvalue weighted by Gasteiger charge is 2.22. The number of rotatable bonds is 5. The van der Waals surface area contributed by atoms with Crippen LogP contribution in [0, 0.1) is 0 Å². The van der Waals surface area contributed by atoms with Crippen molar-refractivity contribution in [2.24, 2.45) is 16.0 Å². The van der Waals surface area contributed by atoms with E-state index in [1.165, 1.54) is 4.68 Å². The number of benzene rings is 2. The van der Waals surface area contributed by atoms with Gasteiger partial charge in [0.2, 0.25) is 5.88 Å². The lowest BCUT2D eigenvalue weighted by atomic mass is 10.1. The highest BCUT2D eigenvalue weighted by atomic mass is 35.5. The number of hydrogen-bond acceptors (Lipinski definition) is 5. The molecule has 0 amide bonds. The Labute approximate surface area is 161 Å². The molecule has 0 bridgehead atoms. The smallest absolute Gasteiger partial charge is 0.248 e. The first-order valence-corrected chi connectivity index (χ1v) is 8.67. The highest BCUT2D eigenvalue weighted by Crippen LogP contribution is 2.39. The van der Waals surface area contributed by atoms with Gasteiger partial charge in [0, 0.05) is 10.6 Å². The normalized spacial score (nSPS) is 11.0. The topological polar surface area (TPSA) is 77.8 Å². The van der Waals surface area contributed by atoms with Crippen molar-refractivity contribution in [3.8, 4) is 17.1 Å². The highest BCUT2D eigenvalue weighted by molar-refractivity contribution is 7.80. The molecule has 3 aromatic rings. The molecule has 0 spiro atoms. The second kappa shape index (κ2) is 8.07. The summed E-state index contributed by atoms with van der Waals surface area (Å²) >= 11 is 11.0. The molecule has 0 saturated heterocycles. The van der Waals surface area contributed by atoms with E-state index in [0.29, 0.717) is 34.6 Å². The maximum absolute atomic E-state index is 5.90. The summed E-state index contributed by atoms with van der Waals surface area (Å²) in [7, 11) is 0. The summed E-state index contributed by atoms with van der Waals surface area (Å²) < 4.78 is 7.06. The number of azo groups is 1. The minimum absolute atomic E-state index is 0.0681. The van der Waals surface area contributed by atoms with Gasteiger partial charge in [0.1, 0.15) is 5.69 Å². The molecule has 1 aromatic heterocycles. The van der Waals surface area contributed by atoms with Gasteiger partial charge >= 0.3 is 0 Å². The summed E-state index contributed by atoms with van der Waals surface area (Å²) in [6, 6.07) is 16.6. The van der Waals surface area contributed by atoms with Gasteiger partial charge in [0.25, 0.3) is 0 Å². The SMILES string of the molecule is CCOc1c(N=Nc2ccc(Cl)cc2)c(-c2ccccc2)nn1C(N)=S. The number of nitrogens with zero attached hydrogens (tertiary/aromatic N) is 4. The van der Waals surface area contributed by atoms with Crippen molar-refractivity contribution in [1.29, 1.82) is 0 Å². The van der Waals surface area contributed by atoms with Crippen LogP contribution in [-0.4, -0.2) is 21.5 Å². The first-order valence-electron chi connectivity index (χ1n) is 7.88. The van der Waals surface area contributed by atoms with E-state index in [0.717, 1.165) is 5.56 Å². The Morgan fingerprint density at radius 2 is 1.85 bits per heavy atom. The van der Waals surface area contributed by atoms with Crippen molar-refractivity contribution in [1.82, 2.24) is 9.78 Å². The Morgan fingerprint density at radius 1 is 1.15 bits per heavy atom. The third kappa shape index (κ3) is 3.89. The Hall–Kier alpha value is -2.77. The molecule has 0 aliphatic heterocycles. The van der Waals surface area contributed by atoms with Crippen LogP contribution in [0.15, 0.2) is 64.8 Å². The molecule has 0 fully saturated rings. The number of halogens is 1.